The molecule has 1 aliphatic rings. The van der Waals surface area contributed by atoms with Gasteiger partial charge < -0.3 is 14.8 Å². The van der Waals surface area contributed by atoms with E-state index in [1.54, 1.807) is 4.57 Å². The minimum atomic E-state index is -1.09. The number of carboxylic acids is 2. The lowest BCUT2D eigenvalue weighted by atomic mass is 9.75. The average Bonchev–Trinajstić information content (AvgIpc) is 3.02. The third kappa shape index (κ3) is 4.81. The Kier molecular flexibility index (Phi) is 6.96. The van der Waals surface area contributed by atoms with Crippen molar-refractivity contribution in [2.45, 2.75) is 64.3 Å². The van der Waals surface area contributed by atoms with E-state index in [1.807, 2.05) is 24.3 Å². The summed E-state index contributed by atoms with van der Waals surface area (Å²) >= 11 is 6.09. The van der Waals surface area contributed by atoms with Crippen LogP contribution in [0.4, 0.5) is 0 Å². The molecule has 0 saturated heterocycles. The Morgan fingerprint density at radius 1 is 1.17 bits per heavy atom. The van der Waals surface area contributed by atoms with Crippen LogP contribution in [0.5, 0.6) is 0 Å². The van der Waals surface area contributed by atoms with E-state index < -0.39 is 11.9 Å². The fourth-order valence-electron chi connectivity index (χ4n) is 4.25. The van der Waals surface area contributed by atoms with E-state index in [1.165, 1.54) is 0 Å². The highest BCUT2D eigenvalue weighted by Crippen LogP contribution is 2.38. The van der Waals surface area contributed by atoms with Gasteiger partial charge in [0.15, 0.2) is 10.8 Å². The van der Waals surface area contributed by atoms with Gasteiger partial charge in [0.1, 0.15) is 5.82 Å². The van der Waals surface area contributed by atoms with Crippen LogP contribution < -0.4 is 0 Å². The summed E-state index contributed by atoms with van der Waals surface area (Å²) < 4.78 is 1.68. The molecule has 2 atom stereocenters. The lowest BCUT2D eigenvalue weighted by molar-refractivity contribution is -0.143. The van der Waals surface area contributed by atoms with Gasteiger partial charge in [-0.3, -0.25) is 4.79 Å². The summed E-state index contributed by atoms with van der Waals surface area (Å²) in [7, 11) is 0. The molecule has 0 aliphatic heterocycles. The molecule has 1 saturated carbocycles. The van der Waals surface area contributed by atoms with Crippen molar-refractivity contribution in [1.82, 2.24) is 9.55 Å². The van der Waals surface area contributed by atoms with Gasteiger partial charge in [-0.25, -0.2) is 9.78 Å². The van der Waals surface area contributed by atoms with Crippen LogP contribution in [-0.4, -0.2) is 31.7 Å². The molecule has 1 aromatic carbocycles. The molecule has 0 radical (unpaired) electrons. The summed E-state index contributed by atoms with van der Waals surface area (Å²) in [6.07, 6.45) is 6.18. The molecule has 2 aromatic rings. The number of aromatic carboxylic acids is 1. The number of halogens is 1. The standard InChI is InChI=1S/C22H27ClN2O4/c1-2-3-8-18-24-20(23)19(22(28)29)25(18)13-14-9-11-15(12-10-14)16-6-4-5-7-17(16)21(26)27/h9-12,16-17H,2-8,13H2,1H3,(H,26,27)(H,28,29). The molecule has 156 valence electrons. The number of carboxylic acid groups (broad SMARTS) is 2. The summed E-state index contributed by atoms with van der Waals surface area (Å²) in [5, 5.41) is 19.1. The van der Waals surface area contributed by atoms with Crippen molar-refractivity contribution in [3.05, 3.63) is 52.1 Å². The van der Waals surface area contributed by atoms with Crippen LogP contribution in [0.1, 0.15) is 78.8 Å². The van der Waals surface area contributed by atoms with Crippen molar-refractivity contribution in [3.8, 4) is 0 Å². The van der Waals surface area contributed by atoms with Crippen molar-refractivity contribution in [3.63, 3.8) is 0 Å². The molecule has 0 spiro atoms. The summed E-state index contributed by atoms with van der Waals surface area (Å²) in [4.78, 5) is 27.5. The molecule has 1 aliphatic carbocycles. The van der Waals surface area contributed by atoms with E-state index in [2.05, 4.69) is 11.9 Å². The first kappa shape index (κ1) is 21.4. The number of aromatic nitrogens is 2. The maximum atomic E-state index is 11.7. The van der Waals surface area contributed by atoms with Crippen molar-refractivity contribution < 1.29 is 19.8 Å². The van der Waals surface area contributed by atoms with Gasteiger partial charge in [0, 0.05) is 13.0 Å². The normalized spacial score (nSPS) is 19.2. The zero-order chi connectivity index (χ0) is 21.0. The van der Waals surface area contributed by atoms with Crippen molar-refractivity contribution in [2.24, 2.45) is 5.92 Å². The highest BCUT2D eigenvalue weighted by atomic mass is 35.5. The molecular weight excluding hydrogens is 392 g/mol. The Balaban J connectivity index is 1.84. The predicted molar refractivity (Wildman–Crippen MR) is 111 cm³/mol. The lowest BCUT2D eigenvalue weighted by Gasteiger charge is -2.29. The number of hydrogen-bond acceptors (Lipinski definition) is 3. The molecule has 1 aromatic heterocycles. The maximum Gasteiger partial charge on any atom is 0.355 e. The Morgan fingerprint density at radius 2 is 1.86 bits per heavy atom. The van der Waals surface area contributed by atoms with Crippen LogP contribution in [-0.2, 0) is 17.8 Å². The second-order valence-corrected chi connectivity index (χ2v) is 8.10. The van der Waals surface area contributed by atoms with Gasteiger partial charge in [0.2, 0.25) is 0 Å². The van der Waals surface area contributed by atoms with Gasteiger partial charge in [0.05, 0.1) is 5.92 Å². The first-order valence-electron chi connectivity index (χ1n) is 10.2. The molecule has 1 heterocycles. The number of imidazole rings is 1. The highest BCUT2D eigenvalue weighted by molar-refractivity contribution is 6.32. The molecule has 2 unspecified atom stereocenters. The molecule has 7 heteroatoms. The number of rotatable bonds is 8. The van der Waals surface area contributed by atoms with Gasteiger partial charge >= 0.3 is 11.9 Å². The average molecular weight is 419 g/mol. The lowest BCUT2D eigenvalue weighted by Crippen LogP contribution is -2.25. The summed E-state index contributed by atoms with van der Waals surface area (Å²) in [5.74, 6) is -1.43. The third-order valence-corrected chi connectivity index (χ3v) is 6.06. The number of hydrogen-bond donors (Lipinski definition) is 2. The van der Waals surface area contributed by atoms with Crippen molar-refractivity contribution in [2.75, 3.05) is 0 Å². The Morgan fingerprint density at radius 3 is 2.48 bits per heavy atom. The van der Waals surface area contributed by atoms with Crippen molar-refractivity contribution in [1.29, 1.82) is 0 Å². The molecule has 6 nitrogen and oxygen atoms in total. The number of carbonyl (C=O) groups is 2. The van der Waals surface area contributed by atoms with Crippen LogP contribution in [0.3, 0.4) is 0 Å². The third-order valence-electron chi connectivity index (χ3n) is 5.79. The molecule has 1 fully saturated rings. The Hall–Kier alpha value is -2.34. The number of benzene rings is 1. The monoisotopic (exact) mass is 418 g/mol. The molecule has 2 N–H and O–H groups in total. The fourth-order valence-corrected chi connectivity index (χ4v) is 4.53. The maximum absolute atomic E-state index is 11.7. The van der Waals surface area contributed by atoms with E-state index in [4.69, 9.17) is 11.6 Å². The Labute approximate surface area is 175 Å². The molecule has 3 rings (SSSR count). The van der Waals surface area contributed by atoms with Crippen LogP contribution in [0.25, 0.3) is 0 Å². The number of aryl methyl sites for hydroxylation is 1. The Bertz CT molecular complexity index is 876. The van der Waals surface area contributed by atoms with E-state index >= 15 is 0 Å². The topological polar surface area (TPSA) is 92.4 Å². The van der Waals surface area contributed by atoms with Gasteiger partial charge in [-0.1, -0.05) is 62.1 Å². The fraction of sp³-hybridized carbons (Fsp3) is 0.500. The van der Waals surface area contributed by atoms with E-state index in [9.17, 15) is 19.8 Å². The quantitative estimate of drug-likeness (QED) is 0.630. The first-order valence-corrected chi connectivity index (χ1v) is 10.6. The van der Waals surface area contributed by atoms with Crippen LogP contribution in [0, 0.1) is 5.92 Å². The minimum Gasteiger partial charge on any atom is -0.481 e. The van der Waals surface area contributed by atoms with Crippen LogP contribution in [0.2, 0.25) is 5.15 Å². The van der Waals surface area contributed by atoms with Gasteiger partial charge in [-0.05, 0) is 36.3 Å². The first-order chi connectivity index (χ1) is 13.9. The van der Waals surface area contributed by atoms with E-state index in [0.29, 0.717) is 18.8 Å². The van der Waals surface area contributed by atoms with Crippen LogP contribution >= 0.6 is 11.6 Å². The zero-order valence-corrected chi connectivity index (χ0v) is 17.4. The second-order valence-electron chi connectivity index (χ2n) is 7.74. The van der Waals surface area contributed by atoms with Gasteiger partial charge in [0.25, 0.3) is 0 Å². The SMILES string of the molecule is CCCCc1nc(Cl)c(C(=O)O)n1Cc1ccc(C2CCCCC2C(=O)O)cc1. The minimum absolute atomic E-state index is 0.0140. The zero-order valence-electron chi connectivity index (χ0n) is 16.6. The summed E-state index contributed by atoms with van der Waals surface area (Å²) in [6, 6.07) is 7.86. The predicted octanol–water partition coefficient (Wildman–Crippen LogP) is 4.98. The second kappa shape index (κ2) is 9.44. The summed E-state index contributed by atoms with van der Waals surface area (Å²) in [6.45, 7) is 2.44. The highest BCUT2D eigenvalue weighted by Gasteiger charge is 2.31. The summed E-state index contributed by atoms with van der Waals surface area (Å²) in [5.41, 5.74) is 1.99. The van der Waals surface area contributed by atoms with E-state index in [-0.39, 0.29) is 22.7 Å². The number of nitrogens with zero attached hydrogens (tertiary/aromatic N) is 2. The number of aliphatic carboxylic acids is 1. The smallest absolute Gasteiger partial charge is 0.355 e. The number of unbranched alkanes of at least 4 members (excludes halogenated alkanes) is 1. The van der Waals surface area contributed by atoms with Crippen molar-refractivity contribution >= 4 is 23.5 Å². The molecule has 0 bridgehead atoms. The molecular formula is C22H27ClN2O4. The molecule has 0 amide bonds. The van der Waals surface area contributed by atoms with Crippen LogP contribution in [0.15, 0.2) is 24.3 Å². The van der Waals surface area contributed by atoms with E-state index in [0.717, 1.165) is 49.7 Å². The van der Waals surface area contributed by atoms with Gasteiger partial charge in [-0.2, -0.15) is 0 Å². The van der Waals surface area contributed by atoms with Gasteiger partial charge in [-0.15, -0.1) is 0 Å². The molecule has 29 heavy (non-hydrogen) atoms. The largest absolute Gasteiger partial charge is 0.481 e.